The van der Waals surface area contributed by atoms with Crippen LogP contribution in [0.5, 0.6) is 0 Å². The van der Waals surface area contributed by atoms with Gasteiger partial charge in [0.1, 0.15) is 5.56 Å². The highest BCUT2D eigenvalue weighted by Crippen LogP contribution is 2.26. The summed E-state index contributed by atoms with van der Waals surface area (Å²) in [5.74, 6) is -0.426. The highest BCUT2D eigenvalue weighted by atomic mass is 16.6. The molecule has 0 spiro atoms. The van der Waals surface area contributed by atoms with Crippen LogP contribution in [0.25, 0.3) is 0 Å². The molecule has 1 rings (SSSR count). The van der Waals surface area contributed by atoms with Gasteiger partial charge in [0.2, 0.25) is 0 Å². The molecule has 27 heavy (non-hydrogen) atoms. The topological polar surface area (TPSA) is 107 Å². The molecule has 1 amide bonds. The first-order valence-corrected chi connectivity index (χ1v) is 9.64. The maximum absolute atomic E-state index is 12.9. The molecule has 0 aliphatic heterocycles. The summed E-state index contributed by atoms with van der Waals surface area (Å²) in [6.45, 7) is 5.29. The molecule has 1 aromatic carbocycles. The van der Waals surface area contributed by atoms with Crippen LogP contribution in [0.3, 0.4) is 0 Å². The Kier molecular flexibility index (Phi) is 10.00. The van der Waals surface area contributed by atoms with Crippen molar-refractivity contribution in [2.24, 2.45) is 0 Å². The van der Waals surface area contributed by atoms with Crippen LogP contribution in [-0.2, 0) is 0 Å². The average Bonchev–Trinajstić information content (AvgIpc) is 2.65. The second-order valence-corrected chi connectivity index (χ2v) is 6.63. The summed E-state index contributed by atoms with van der Waals surface area (Å²) in [6.07, 6.45) is 8.00. The van der Waals surface area contributed by atoms with Gasteiger partial charge >= 0.3 is 0 Å². The number of hydrogen-bond donors (Lipinski definition) is 0. The number of benzene rings is 1. The zero-order chi connectivity index (χ0) is 20.2. The predicted molar refractivity (Wildman–Crippen MR) is 104 cm³/mol. The van der Waals surface area contributed by atoms with E-state index in [4.69, 9.17) is 0 Å². The molecule has 0 N–H and O–H groups in total. The molecule has 1 aromatic rings. The number of unbranched alkanes of at least 4 members (excludes halogenated alkanes) is 6. The fraction of sp³-hybridized carbons (Fsp3) is 0.632. The third kappa shape index (κ3) is 7.32. The lowest BCUT2D eigenvalue weighted by atomic mass is 10.1. The van der Waals surface area contributed by atoms with Crippen LogP contribution in [0.4, 0.5) is 11.4 Å². The Morgan fingerprint density at radius 1 is 0.889 bits per heavy atom. The molecule has 0 aliphatic carbocycles. The van der Waals surface area contributed by atoms with Gasteiger partial charge in [0, 0.05) is 19.2 Å². The van der Waals surface area contributed by atoms with Gasteiger partial charge in [0.05, 0.1) is 15.9 Å². The van der Waals surface area contributed by atoms with E-state index in [1.54, 1.807) is 4.90 Å². The summed E-state index contributed by atoms with van der Waals surface area (Å²) in [7, 11) is 0. The van der Waals surface area contributed by atoms with Crippen molar-refractivity contribution in [2.75, 3.05) is 13.1 Å². The van der Waals surface area contributed by atoms with Crippen molar-refractivity contribution in [3.05, 3.63) is 44.0 Å². The van der Waals surface area contributed by atoms with E-state index in [0.717, 1.165) is 63.5 Å². The number of non-ortho nitro benzene ring substituents is 1. The third-order valence-electron chi connectivity index (χ3n) is 4.47. The van der Waals surface area contributed by atoms with Gasteiger partial charge in [-0.2, -0.15) is 0 Å². The van der Waals surface area contributed by atoms with Crippen LogP contribution in [-0.4, -0.2) is 33.7 Å². The molecule has 0 unspecified atom stereocenters. The normalized spacial score (nSPS) is 10.6. The monoisotopic (exact) mass is 379 g/mol. The van der Waals surface area contributed by atoms with Gasteiger partial charge in [0.25, 0.3) is 17.3 Å². The maximum atomic E-state index is 12.9. The van der Waals surface area contributed by atoms with Crippen molar-refractivity contribution in [1.82, 2.24) is 4.90 Å². The molecule has 0 bridgehead atoms. The van der Waals surface area contributed by atoms with Crippen molar-refractivity contribution in [3.8, 4) is 0 Å². The first-order valence-electron chi connectivity index (χ1n) is 9.64. The summed E-state index contributed by atoms with van der Waals surface area (Å²) < 4.78 is 0. The number of nitro groups is 2. The molecule has 0 atom stereocenters. The van der Waals surface area contributed by atoms with E-state index in [9.17, 15) is 25.0 Å². The van der Waals surface area contributed by atoms with Gasteiger partial charge in [-0.3, -0.25) is 25.0 Å². The van der Waals surface area contributed by atoms with E-state index in [1.807, 2.05) is 0 Å². The fourth-order valence-electron chi connectivity index (χ4n) is 2.91. The van der Waals surface area contributed by atoms with Gasteiger partial charge in [-0.1, -0.05) is 52.4 Å². The van der Waals surface area contributed by atoms with Crippen LogP contribution in [0, 0.1) is 20.2 Å². The van der Waals surface area contributed by atoms with E-state index >= 15 is 0 Å². The highest BCUT2D eigenvalue weighted by Gasteiger charge is 2.27. The summed E-state index contributed by atoms with van der Waals surface area (Å²) in [4.78, 5) is 35.4. The first kappa shape index (κ1) is 22.5. The molecular formula is C19H29N3O5. The highest BCUT2D eigenvalue weighted by molar-refractivity contribution is 5.98. The Morgan fingerprint density at radius 2 is 1.44 bits per heavy atom. The number of nitro benzene ring substituents is 2. The number of nitrogens with zero attached hydrogens (tertiary/aromatic N) is 3. The van der Waals surface area contributed by atoms with Crippen molar-refractivity contribution in [1.29, 1.82) is 0 Å². The lowest BCUT2D eigenvalue weighted by Gasteiger charge is -2.23. The number of carbonyl (C=O) groups is 1. The SMILES string of the molecule is CCCCCCN(CCCCCC)C(=O)c1ccc([N+](=O)[O-])cc1[N+](=O)[O-]. The van der Waals surface area contributed by atoms with Gasteiger partial charge in [-0.15, -0.1) is 0 Å². The summed E-state index contributed by atoms with van der Waals surface area (Å²) in [5, 5.41) is 22.2. The van der Waals surface area contributed by atoms with E-state index in [1.165, 1.54) is 6.07 Å². The Hall–Kier alpha value is -2.51. The standard InChI is InChI=1S/C19H29N3O5/c1-3-5-7-9-13-20(14-10-8-6-4-2)19(23)17-12-11-16(21(24)25)15-18(17)22(26)27/h11-12,15H,3-10,13-14H2,1-2H3. The number of rotatable bonds is 13. The smallest absolute Gasteiger partial charge is 0.289 e. The Labute approximate surface area is 159 Å². The molecular weight excluding hydrogens is 350 g/mol. The Bertz CT molecular complexity index is 636. The van der Waals surface area contributed by atoms with Crippen LogP contribution < -0.4 is 0 Å². The average molecular weight is 379 g/mol. The number of carbonyl (C=O) groups excluding carboxylic acids is 1. The summed E-state index contributed by atoms with van der Waals surface area (Å²) in [6, 6.07) is 3.20. The van der Waals surface area contributed by atoms with Gasteiger partial charge in [-0.05, 0) is 18.9 Å². The quantitative estimate of drug-likeness (QED) is 0.269. The molecule has 0 aromatic heterocycles. The minimum atomic E-state index is -0.730. The van der Waals surface area contributed by atoms with E-state index in [-0.39, 0.29) is 5.56 Å². The lowest BCUT2D eigenvalue weighted by Crippen LogP contribution is -2.33. The largest absolute Gasteiger partial charge is 0.338 e. The van der Waals surface area contributed by atoms with Crippen molar-refractivity contribution >= 4 is 17.3 Å². The maximum Gasteiger partial charge on any atom is 0.289 e. The van der Waals surface area contributed by atoms with Crippen LogP contribution >= 0.6 is 0 Å². The van der Waals surface area contributed by atoms with Crippen molar-refractivity contribution < 1.29 is 14.6 Å². The lowest BCUT2D eigenvalue weighted by molar-refractivity contribution is -0.394. The molecule has 8 nitrogen and oxygen atoms in total. The number of hydrogen-bond acceptors (Lipinski definition) is 5. The second kappa shape index (κ2) is 12.0. The van der Waals surface area contributed by atoms with Crippen LogP contribution in [0.1, 0.15) is 75.6 Å². The minimum absolute atomic E-state index is 0.0865. The van der Waals surface area contributed by atoms with Crippen LogP contribution in [0.2, 0.25) is 0 Å². The van der Waals surface area contributed by atoms with Gasteiger partial charge in [-0.25, -0.2) is 0 Å². The Balaban J connectivity index is 3.00. The molecule has 0 radical (unpaired) electrons. The third-order valence-corrected chi connectivity index (χ3v) is 4.47. The van der Waals surface area contributed by atoms with Crippen LogP contribution in [0.15, 0.2) is 18.2 Å². The van der Waals surface area contributed by atoms with Gasteiger partial charge < -0.3 is 4.90 Å². The fourth-order valence-corrected chi connectivity index (χ4v) is 2.91. The minimum Gasteiger partial charge on any atom is -0.338 e. The van der Waals surface area contributed by atoms with E-state index in [0.29, 0.717) is 13.1 Å². The molecule has 0 saturated heterocycles. The van der Waals surface area contributed by atoms with E-state index in [2.05, 4.69) is 13.8 Å². The zero-order valence-electron chi connectivity index (χ0n) is 16.2. The zero-order valence-corrected chi connectivity index (χ0v) is 16.2. The van der Waals surface area contributed by atoms with E-state index < -0.39 is 27.1 Å². The predicted octanol–water partition coefficient (Wildman–Crippen LogP) is 5.11. The van der Waals surface area contributed by atoms with Crippen molar-refractivity contribution in [3.63, 3.8) is 0 Å². The number of amides is 1. The van der Waals surface area contributed by atoms with Crippen molar-refractivity contribution in [2.45, 2.75) is 65.2 Å². The van der Waals surface area contributed by atoms with Gasteiger partial charge in [0.15, 0.2) is 0 Å². The second-order valence-electron chi connectivity index (χ2n) is 6.63. The Morgan fingerprint density at radius 3 is 1.89 bits per heavy atom. The molecule has 150 valence electrons. The molecule has 0 fully saturated rings. The first-order chi connectivity index (χ1) is 12.9. The summed E-state index contributed by atoms with van der Waals surface area (Å²) in [5.41, 5.74) is -0.992. The summed E-state index contributed by atoms with van der Waals surface area (Å²) >= 11 is 0. The molecule has 8 heteroatoms. The molecule has 0 aliphatic rings. The molecule has 0 saturated carbocycles. The molecule has 0 heterocycles.